The Hall–Kier alpha value is -4.25. The van der Waals surface area contributed by atoms with Crippen molar-refractivity contribution in [2.75, 3.05) is 24.6 Å². The normalized spacial score (nSPS) is 14.8. The van der Waals surface area contributed by atoms with Crippen LogP contribution in [0.2, 0.25) is 0 Å². The highest BCUT2D eigenvalue weighted by Crippen LogP contribution is 2.30. The average molecular weight is 595 g/mol. The van der Waals surface area contributed by atoms with E-state index in [2.05, 4.69) is 5.32 Å². The minimum atomic E-state index is -0.996. The van der Waals surface area contributed by atoms with E-state index in [1.807, 2.05) is 30.3 Å². The van der Waals surface area contributed by atoms with E-state index in [0.29, 0.717) is 23.2 Å². The van der Waals surface area contributed by atoms with Gasteiger partial charge in [-0.1, -0.05) is 36.4 Å². The molecule has 0 bridgehead atoms. The summed E-state index contributed by atoms with van der Waals surface area (Å²) in [7, 11) is 0. The molecule has 2 aromatic rings. The molecule has 0 spiro atoms. The number of amides is 3. The first kappa shape index (κ1) is 33.3. The topological polar surface area (TPSA) is 148 Å². The summed E-state index contributed by atoms with van der Waals surface area (Å²) in [5.41, 5.74) is 7.55. The highest BCUT2D eigenvalue weighted by Gasteiger charge is 2.35. The third-order valence-electron chi connectivity index (χ3n) is 6.80. The molecule has 0 aromatic heterocycles. The van der Waals surface area contributed by atoms with Gasteiger partial charge in [-0.25, -0.2) is 0 Å². The molecule has 1 heterocycles. The van der Waals surface area contributed by atoms with E-state index in [4.69, 9.17) is 15.2 Å². The maximum absolute atomic E-state index is 13.8. The molecule has 1 aliphatic heterocycles. The molecule has 0 aliphatic carbocycles. The lowest BCUT2D eigenvalue weighted by Crippen LogP contribution is -2.45. The molecule has 2 unspecified atom stereocenters. The van der Waals surface area contributed by atoms with Crippen molar-refractivity contribution in [3.63, 3.8) is 0 Å². The number of anilines is 1. The van der Waals surface area contributed by atoms with Crippen LogP contribution in [0.25, 0.3) is 0 Å². The van der Waals surface area contributed by atoms with Crippen molar-refractivity contribution < 1.29 is 33.4 Å². The van der Waals surface area contributed by atoms with Crippen molar-refractivity contribution in [1.82, 2.24) is 10.2 Å². The zero-order valence-corrected chi connectivity index (χ0v) is 25.6. The first-order chi connectivity index (χ1) is 20.3. The molecule has 43 heavy (non-hydrogen) atoms. The molecule has 3 amide bonds. The molecular formula is C32H42N4O7. The number of carbonyl (C=O) groups is 5. The molecule has 2 atom stereocenters. The highest BCUT2D eigenvalue weighted by molar-refractivity contribution is 6.10. The summed E-state index contributed by atoms with van der Waals surface area (Å²) in [6, 6.07) is 13.1. The predicted octanol–water partition coefficient (Wildman–Crippen LogP) is 2.74. The van der Waals surface area contributed by atoms with Gasteiger partial charge in [-0.05, 0) is 64.3 Å². The fourth-order valence-electron chi connectivity index (χ4n) is 4.63. The van der Waals surface area contributed by atoms with Gasteiger partial charge >= 0.3 is 11.9 Å². The summed E-state index contributed by atoms with van der Waals surface area (Å²) < 4.78 is 10.3. The van der Waals surface area contributed by atoms with Gasteiger partial charge in [0, 0.05) is 19.0 Å². The van der Waals surface area contributed by atoms with Crippen molar-refractivity contribution in [1.29, 1.82) is 0 Å². The maximum atomic E-state index is 13.8. The maximum Gasteiger partial charge on any atom is 0.325 e. The van der Waals surface area contributed by atoms with Crippen LogP contribution >= 0.6 is 0 Å². The van der Waals surface area contributed by atoms with Gasteiger partial charge in [-0.3, -0.25) is 24.0 Å². The van der Waals surface area contributed by atoms with Gasteiger partial charge in [-0.2, -0.15) is 0 Å². The van der Waals surface area contributed by atoms with Crippen LogP contribution in [-0.4, -0.2) is 71.9 Å². The van der Waals surface area contributed by atoms with Gasteiger partial charge < -0.3 is 30.3 Å². The first-order valence-corrected chi connectivity index (χ1v) is 14.5. The van der Waals surface area contributed by atoms with Crippen LogP contribution in [0.4, 0.5) is 5.69 Å². The largest absolute Gasteiger partial charge is 0.466 e. The fourth-order valence-corrected chi connectivity index (χ4v) is 4.63. The van der Waals surface area contributed by atoms with Crippen LogP contribution in [-0.2, 0) is 41.6 Å². The van der Waals surface area contributed by atoms with Crippen LogP contribution in [0.1, 0.15) is 68.9 Å². The second-order valence-electron chi connectivity index (χ2n) is 11.6. The molecule has 3 N–H and O–H groups in total. The van der Waals surface area contributed by atoms with E-state index in [-0.39, 0.29) is 56.8 Å². The molecule has 1 aliphatic rings. The van der Waals surface area contributed by atoms with Crippen LogP contribution in [0.5, 0.6) is 0 Å². The summed E-state index contributed by atoms with van der Waals surface area (Å²) in [5, 5.41) is 2.65. The van der Waals surface area contributed by atoms with Crippen LogP contribution in [0.3, 0.4) is 0 Å². The molecule has 11 nitrogen and oxygen atoms in total. The van der Waals surface area contributed by atoms with Crippen molar-refractivity contribution in [2.45, 2.75) is 78.1 Å². The molecular weight excluding hydrogens is 552 g/mol. The van der Waals surface area contributed by atoms with E-state index in [9.17, 15) is 24.0 Å². The number of esters is 2. The molecule has 232 valence electrons. The zero-order valence-electron chi connectivity index (χ0n) is 25.6. The number of aryl methyl sites for hydroxylation is 1. The van der Waals surface area contributed by atoms with Crippen LogP contribution in [0, 0.1) is 0 Å². The lowest BCUT2D eigenvalue weighted by molar-refractivity contribution is -0.156. The molecule has 0 saturated heterocycles. The standard InChI is InChI=1S/C32H42N4O7/c1-6-42-29(39)16-21(2)35-20-28(38)36(19-23-10-8-7-9-11-23)26-14-12-22(17-24(26)30(35)40)13-15-27(37)34-18-25(33)31(41)43-32(3,4)5/h7-12,14,17,21,25H,6,13,15-16,18-20,33H2,1-5H3,(H,34,37). The number of nitrogens with zero attached hydrogens (tertiary/aromatic N) is 2. The van der Waals surface area contributed by atoms with Crippen molar-refractivity contribution in [3.8, 4) is 0 Å². The van der Waals surface area contributed by atoms with Gasteiger partial charge in [0.1, 0.15) is 18.2 Å². The highest BCUT2D eigenvalue weighted by atomic mass is 16.6. The van der Waals surface area contributed by atoms with Gasteiger partial charge in [0.05, 0.1) is 30.8 Å². The summed E-state index contributed by atoms with van der Waals surface area (Å²) in [4.78, 5) is 67.2. The van der Waals surface area contributed by atoms with Crippen molar-refractivity contribution in [2.24, 2.45) is 5.73 Å². The number of benzene rings is 2. The quantitative estimate of drug-likeness (QED) is 0.357. The second-order valence-corrected chi connectivity index (χ2v) is 11.6. The number of hydrogen-bond donors (Lipinski definition) is 2. The average Bonchev–Trinajstić information content (AvgIpc) is 3.04. The number of ether oxygens (including phenoxy) is 2. The number of nitrogens with one attached hydrogen (secondary N) is 1. The van der Waals surface area contributed by atoms with E-state index >= 15 is 0 Å². The SMILES string of the molecule is CCOC(=O)CC(C)N1CC(=O)N(Cc2ccccc2)c2ccc(CCC(=O)NCC(N)C(=O)OC(C)(C)C)cc2C1=O. The van der Waals surface area contributed by atoms with E-state index in [0.717, 1.165) is 5.56 Å². The monoisotopic (exact) mass is 594 g/mol. The van der Waals surface area contributed by atoms with E-state index < -0.39 is 29.6 Å². The van der Waals surface area contributed by atoms with Gasteiger partial charge in [0.15, 0.2) is 0 Å². The Bertz CT molecular complexity index is 1320. The van der Waals surface area contributed by atoms with Crippen molar-refractivity contribution in [3.05, 3.63) is 65.2 Å². The summed E-state index contributed by atoms with van der Waals surface area (Å²) in [6.45, 7) is 8.84. The van der Waals surface area contributed by atoms with Gasteiger partial charge in [0.2, 0.25) is 11.8 Å². The van der Waals surface area contributed by atoms with E-state index in [1.165, 1.54) is 4.90 Å². The van der Waals surface area contributed by atoms with Crippen LogP contribution in [0.15, 0.2) is 48.5 Å². The number of rotatable bonds is 12. The Morgan fingerprint density at radius 3 is 2.40 bits per heavy atom. The minimum absolute atomic E-state index is 0.0494. The lowest BCUT2D eigenvalue weighted by atomic mass is 10.0. The number of carbonyl (C=O) groups excluding carboxylic acids is 5. The second kappa shape index (κ2) is 14.8. The predicted molar refractivity (Wildman–Crippen MR) is 161 cm³/mol. The minimum Gasteiger partial charge on any atom is -0.466 e. The van der Waals surface area contributed by atoms with Crippen LogP contribution < -0.4 is 16.0 Å². The van der Waals surface area contributed by atoms with Gasteiger partial charge in [0.25, 0.3) is 5.91 Å². The third kappa shape index (κ3) is 9.64. The van der Waals surface area contributed by atoms with Crippen molar-refractivity contribution >= 4 is 35.3 Å². The molecule has 0 saturated carbocycles. The molecule has 0 fully saturated rings. The fraction of sp³-hybridized carbons (Fsp3) is 0.469. The Morgan fingerprint density at radius 1 is 1.05 bits per heavy atom. The molecule has 11 heteroatoms. The first-order valence-electron chi connectivity index (χ1n) is 14.5. The van der Waals surface area contributed by atoms with Gasteiger partial charge in [-0.15, -0.1) is 0 Å². The van der Waals surface area contributed by atoms with E-state index in [1.54, 1.807) is 57.7 Å². The Labute approximate surface area is 252 Å². The summed E-state index contributed by atoms with van der Waals surface area (Å²) in [5.74, 6) is -2.03. The smallest absolute Gasteiger partial charge is 0.325 e. The molecule has 2 aromatic carbocycles. The number of nitrogens with two attached hydrogens (primary N) is 1. The third-order valence-corrected chi connectivity index (χ3v) is 6.80. The number of fused-ring (bicyclic) bond motifs is 1. The Kier molecular flexibility index (Phi) is 11.4. The molecule has 3 rings (SSSR count). The Morgan fingerprint density at radius 2 is 1.74 bits per heavy atom. The molecule has 0 radical (unpaired) electrons. The zero-order chi connectivity index (χ0) is 31.7. The summed E-state index contributed by atoms with van der Waals surface area (Å²) in [6.07, 6.45) is 0.342. The summed E-state index contributed by atoms with van der Waals surface area (Å²) >= 11 is 0. The lowest BCUT2D eigenvalue weighted by Gasteiger charge is -2.27. The Balaban J connectivity index is 1.79. The number of hydrogen-bond acceptors (Lipinski definition) is 8.